The molecule has 124 valence electrons. The molecule has 0 aliphatic carbocycles. The molecule has 0 amide bonds. The fourth-order valence-electron chi connectivity index (χ4n) is 1.83. The molecule has 1 heterocycles. The van der Waals surface area contributed by atoms with E-state index >= 15 is 0 Å². The summed E-state index contributed by atoms with van der Waals surface area (Å²) in [6.45, 7) is 0. The molecule has 1 N–H and O–H groups in total. The van der Waals surface area contributed by atoms with Crippen molar-refractivity contribution < 1.29 is 26.0 Å². The van der Waals surface area contributed by atoms with Crippen LogP contribution >= 0.6 is 0 Å². The Hall–Kier alpha value is -2.88. The lowest BCUT2D eigenvalue weighted by Crippen LogP contribution is -2.13. The lowest BCUT2D eigenvalue weighted by atomic mass is 10.2. The van der Waals surface area contributed by atoms with E-state index in [4.69, 9.17) is 4.42 Å². The van der Waals surface area contributed by atoms with Gasteiger partial charge in [0.1, 0.15) is 17.5 Å². The summed E-state index contributed by atoms with van der Waals surface area (Å²) in [5.41, 5.74) is 0.367. The number of halogens is 3. The van der Waals surface area contributed by atoms with Crippen molar-refractivity contribution in [3.05, 3.63) is 59.9 Å². The minimum Gasteiger partial charge on any atom is -0.403 e. The first-order valence-corrected chi connectivity index (χ1v) is 7.90. The molecule has 0 fully saturated rings. The quantitative estimate of drug-likeness (QED) is 0.778. The van der Waals surface area contributed by atoms with Crippen LogP contribution in [0.15, 0.2) is 51.8 Å². The first-order valence-electron chi connectivity index (χ1n) is 6.42. The molecule has 0 unspecified atom stereocenters. The minimum atomic E-state index is -4.32. The molecule has 0 aliphatic rings. The van der Waals surface area contributed by atoms with Crippen molar-refractivity contribution in [2.24, 2.45) is 0 Å². The molecule has 24 heavy (non-hydrogen) atoms. The van der Waals surface area contributed by atoms with E-state index in [0.29, 0.717) is 23.8 Å². The van der Waals surface area contributed by atoms with Gasteiger partial charge in [-0.25, -0.2) is 26.3 Å². The number of sulfonamides is 1. The summed E-state index contributed by atoms with van der Waals surface area (Å²) in [5.74, 6) is -2.62. The molecule has 0 spiro atoms. The van der Waals surface area contributed by atoms with Gasteiger partial charge in [-0.1, -0.05) is 5.10 Å². The second kappa shape index (κ2) is 5.96. The number of rotatable bonds is 4. The van der Waals surface area contributed by atoms with Gasteiger partial charge in [0.25, 0.3) is 10.0 Å². The third-order valence-electron chi connectivity index (χ3n) is 2.88. The van der Waals surface area contributed by atoms with Gasteiger partial charge in [0.05, 0.1) is 4.90 Å². The summed E-state index contributed by atoms with van der Waals surface area (Å²) in [6, 6.07) is 6.38. The monoisotopic (exact) mass is 355 g/mol. The van der Waals surface area contributed by atoms with E-state index in [1.807, 2.05) is 4.72 Å². The van der Waals surface area contributed by atoms with Gasteiger partial charge in [0.15, 0.2) is 0 Å². The van der Waals surface area contributed by atoms with E-state index in [-0.39, 0.29) is 5.89 Å². The van der Waals surface area contributed by atoms with E-state index in [1.54, 1.807) is 0 Å². The normalized spacial score (nSPS) is 11.5. The zero-order valence-corrected chi connectivity index (χ0v) is 12.5. The number of hydrogen-bond acceptors (Lipinski definition) is 5. The van der Waals surface area contributed by atoms with E-state index in [1.165, 1.54) is 24.3 Å². The second-order valence-corrected chi connectivity index (χ2v) is 6.31. The number of nitrogens with zero attached hydrogens (tertiary/aromatic N) is 2. The van der Waals surface area contributed by atoms with Crippen molar-refractivity contribution in [2.45, 2.75) is 4.90 Å². The van der Waals surface area contributed by atoms with Crippen LogP contribution in [0.3, 0.4) is 0 Å². The number of anilines is 1. The topological polar surface area (TPSA) is 85.1 Å². The van der Waals surface area contributed by atoms with Crippen molar-refractivity contribution in [3.8, 4) is 11.5 Å². The van der Waals surface area contributed by atoms with Crippen molar-refractivity contribution in [2.75, 3.05) is 4.72 Å². The van der Waals surface area contributed by atoms with Crippen molar-refractivity contribution in [1.82, 2.24) is 10.2 Å². The van der Waals surface area contributed by atoms with E-state index in [2.05, 4.69) is 10.2 Å². The van der Waals surface area contributed by atoms with Gasteiger partial charge in [-0.3, -0.25) is 0 Å². The van der Waals surface area contributed by atoms with Crippen LogP contribution in [-0.2, 0) is 10.0 Å². The maximum Gasteiger partial charge on any atom is 0.330 e. The van der Waals surface area contributed by atoms with Crippen LogP contribution in [0.4, 0.5) is 19.2 Å². The highest BCUT2D eigenvalue weighted by molar-refractivity contribution is 7.92. The summed E-state index contributed by atoms with van der Waals surface area (Å²) in [7, 11) is -4.32. The summed E-state index contributed by atoms with van der Waals surface area (Å²) in [4.78, 5) is -0.637. The molecule has 2 aromatic carbocycles. The van der Waals surface area contributed by atoms with Crippen molar-refractivity contribution >= 4 is 16.0 Å². The lowest BCUT2D eigenvalue weighted by Gasteiger charge is -2.04. The number of nitrogens with one attached hydrogen (secondary N) is 1. The van der Waals surface area contributed by atoms with E-state index in [9.17, 15) is 21.6 Å². The molecule has 3 rings (SSSR count). The molecule has 0 radical (unpaired) electrons. The largest absolute Gasteiger partial charge is 0.403 e. The molecule has 10 heteroatoms. The van der Waals surface area contributed by atoms with Crippen LogP contribution in [0, 0.1) is 17.5 Å². The standard InChI is InChI=1S/C14H8F3N3O3S/c15-9-3-1-8(2-4-9)13-18-19-14(23-13)20-24(21,22)12-6-10(16)5-11(17)7-12/h1-7H,(H,19,20). The first kappa shape index (κ1) is 16.0. The number of hydrogen-bond donors (Lipinski definition) is 1. The third kappa shape index (κ3) is 3.38. The average Bonchev–Trinajstić information content (AvgIpc) is 2.94. The Morgan fingerprint density at radius 2 is 1.50 bits per heavy atom. The molecular weight excluding hydrogens is 347 g/mol. The highest BCUT2D eigenvalue weighted by Crippen LogP contribution is 2.22. The third-order valence-corrected chi connectivity index (χ3v) is 4.18. The SMILES string of the molecule is O=S(=O)(Nc1nnc(-c2ccc(F)cc2)o1)c1cc(F)cc(F)c1. The molecule has 0 atom stereocenters. The van der Waals surface area contributed by atoms with Gasteiger partial charge in [0.2, 0.25) is 5.89 Å². The second-order valence-electron chi connectivity index (χ2n) is 4.63. The molecule has 0 bridgehead atoms. The molecule has 0 aliphatic heterocycles. The molecule has 0 saturated carbocycles. The van der Waals surface area contributed by atoms with Crippen molar-refractivity contribution in [1.29, 1.82) is 0 Å². The Morgan fingerprint density at radius 1 is 0.875 bits per heavy atom. The summed E-state index contributed by atoms with van der Waals surface area (Å²) in [6.07, 6.45) is 0. The summed E-state index contributed by atoms with van der Waals surface area (Å²) in [5, 5.41) is 7.10. The molecular formula is C14H8F3N3O3S. The smallest absolute Gasteiger partial charge is 0.330 e. The maximum atomic E-state index is 13.1. The zero-order valence-electron chi connectivity index (χ0n) is 11.7. The fraction of sp³-hybridized carbons (Fsp3) is 0. The van der Waals surface area contributed by atoms with Gasteiger partial charge in [-0.15, -0.1) is 5.10 Å². The van der Waals surface area contributed by atoms with Crippen LogP contribution in [0.25, 0.3) is 11.5 Å². The first-order chi connectivity index (χ1) is 11.3. The van der Waals surface area contributed by atoms with Gasteiger partial charge >= 0.3 is 6.01 Å². The fourth-order valence-corrected chi connectivity index (χ4v) is 2.80. The van der Waals surface area contributed by atoms with Crippen LogP contribution in [0.5, 0.6) is 0 Å². The molecule has 0 saturated heterocycles. The Balaban J connectivity index is 1.87. The van der Waals surface area contributed by atoms with Crippen LogP contribution in [0.1, 0.15) is 0 Å². The Labute approximate surface area is 134 Å². The van der Waals surface area contributed by atoms with Gasteiger partial charge in [-0.2, -0.15) is 0 Å². The number of benzene rings is 2. The Bertz CT molecular complexity index is 968. The van der Waals surface area contributed by atoms with Gasteiger partial charge < -0.3 is 4.42 Å². The van der Waals surface area contributed by atoms with Crippen LogP contribution in [-0.4, -0.2) is 18.6 Å². The van der Waals surface area contributed by atoms with E-state index in [0.717, 1.165) is 0 Å². The lowest BCUT2D eigenvalue weighted by molar-refractivity contribution is 0.564. The van der Waals surface area contributed by atoms with Crippen LogP contribution < -0.4 is 4.72 Å². The highest BCUT2D eigenvalue weighted by Gasteiger charge is 2.20. The maximum absolute atomic E-state index is 13.1. The minimum absolute atomic E-state index is 0.0573. The van der Waals surface area contributed by atoms with E-state index < -0.39 is 38.4 Å². The number of aromatic nitrogens is 2. The van der Waals surface area contributed by atoms with Gasteiger partial charge in [0, 0.05) is 11.6 Å². The van der Waals surface area contributed by atoms with Crippen LogP contribution in [0.2, 0.25) is 0 Å². The predicted octanol–water partition coefficient (Wildman–Crippen LogP) is 2.95. The summed E-state index contributed by atoms with van der Waals surface area (Å²) >= 11 is 0. The molecule has 3 aromatic rings. The molecule has 6 nitrogen and oxygen atoms in total. The zero-order chi connectivity index (χ0) is 17.3. The summed E-state index contributed by atoms with van der Waals surface area (Å²) < 4.78 is 70.3. The Kier molecular flexibility index (Phi) is 3.97. The predicted molar refractivity (Wildman–Crippen MR) is 76.9 cm³/mol. The Morgan fingerprint density at radius 3 is 2.12 bits per heavy atom. The highest BCUT2D eigenvalue weighted by atomic mass is 32.2. The molecule has 1 aromatic heterocycles. The average molecular weight is 355 g/mol. The van der Waals surface area contributed by atoms with Crippen molar-refractivity contribution in [3.63, 3.8) is 0 Å². The van der Waals surface area contributed by atoms with Gasteiger partial charge in [-0.05, 0) is 36.4 Å².